The Hall–Kier alpha value is -1.97. The Morgan fingerprint density at radius 3 is 3.06 bits per heavy atom. The second-order valence-corrected chi connectivity index (χ2v) is 3.85. The summed E-state index contributed by atoms with van der Waals surface area (Å²) >= 11 is 0. The Balaban J connectivity index is 1.89. The molecule has 0 aromatic carbocycles. The predicted octanol–water partition coefficient (Wildman–Crippen LogP) is 1.43. The third kappa shape index (κ3) is 1.62. The van der Waals surface area contributed by atoms with Gasteiger partial charge in [0.05, 0.1) is 5.69 Å². The number of hydrogen-bond donors (Lipinski definition) is 0. The Morgan fingerprint density at radius 1 is 1.19 bits per heavy atom. The number of anilines is 1. The summed E-state index contributed by atoms with van der Waals surface area (Å²) in [6, 6.07) is 5.98. The van der Waals surface area contributed by atoms with Gasteiger partial charge < -0.3 is 4.90 Å². The molecule has 16 heavy (non-hydrogen) atoms. The van der Waals surface area contributed by atoms with Crippen molar-refractivity contribution < 1.29 is 0 Å². The lowest BCUT2D eigenvalue weighted by Crippen LogP contribution is -2.31. The van der Waals surface area contributed by atoms with Crippen molar-refractivity contribution in [2.45, 2.75) is 13.0 Å². The number of nitrogens with zero attached hydrogens (tertiary/aromatic N) is 4. The lowest BCUT2D eigenvalue weighted by atomic mass is 10.1. The third-order valence-corrected chi connectivity index (χ3v) is 2.83. The van der Waals surface area contributed by atoms with Crippen molar-refractivity contribution in [3.05, 3.63) is 48.2 Å². The zero-order valence-electron chi connectivity index (χ0n) is 8.87. The van der Waals surface area contributed by atoms with Crippen molar-refractivity contribution in [3.8, 4) is 0 Å². The highest BCUT2D eigenvalue weighted by molar-refractivity contribution is 5.41. The normalized spacial score (nSPS) is 14.6. The topological polar surface area (TPSA) is 41.9 Å². The minimum absolute atomic E-state index is 0.854. The molecule has 4 nitrogen and oxygen atoms in total. The Kier molecular flexibility index (Phi) is 2.25. The lowest BCUT2D eigenvalue weighted by Gasteiger charge is -2.28. The van der Waals surface area contributed by atoms with E-state index >= 15 is 0 Å². The molecule has 0 atom stereocenters. The van der Waals surface area contributed by atoms with Crippen LogP contribution in [0.25, 0.3) is 0 Å². The maximum absolute atomic E-state index is 4.36. The van der Waals surface area contributed by atoms with E-state index in [0.717, 1.165) is 25.3 Å². The first-order valence-corrected chi connectivity index (χ1v) is 5.37. The van der Waals surface area contributed by atoms with Crippen LogP contribution in [0.2, 0.25) is 0 Å². The maximum atomic E-state index is 4.36. The van der Waals surface area contributed by atoms with Gasteiger partial charge in [-0.1, -0.05) is 6.07 Å². The fourth-order valence-corrected chi connectivity index (χ4v) is 2.00. The molecule has 3 heterocycles. The van der Waals surface area contributed by atoms with E-state index in [0.29, 0.717) is 0 Å². The van der Waals surface area contributed by atoms with E-state index in [1.807, 2.05) is 30.6 Å². The van der Waals surface area contributed by atoms with E-state index in [2.05, 4.69) is 19.9 Å². The standard InChI is InChI=1S/C12H12N4/c1-2-5-14-12(3-1)16-6-4-11-10(8-16)7-13-9-15-11/h1-3,5,7,9H,4,6,8H2. The van der Waals surface area contributed by atoms with Gasteiger partial charge in [0.2, 0.25) is 0 Å². The molecule has 1 aliphatic heterocycles. The van der Waals surface area contributed by atoms with Crippen molar-refractivity contribution in [2.75, 3.05) is 11.4 Å². The molecule has 80 valence electrons. The SMILES string of the molecule is c1ccc(N2CCc3ncncc3C2)nc1. The van der Waals surface area contributed by atoms with E-state index in [-0.39, 0.29) is 0 Å². The van der Waals surface area contributed by atoms with Gasteiger partial charge in [0.1, 0.15) is 12.1 Å². The minimum atomic E-state index is 0.854. The molecule has 2 aromatic rings. The van der Waals surface area contributed by atoms with Crippen LogP contribution in [0.15, 0.2) is 36.9 Å². The van der Waals surface area contributed by atoms with Crippen LogP contribution in [0.3, 0.4) is 0 Å². The van der Waals surface area contributed by atoms with Gasteiger partial charge in [-0.15, -0.1) is 0 Å². The van der Waals surface area contributed by atoms with Gasteiger partial charge in [-0.2, -0.15) is 0 Å². The summed E-state index contributed by atoms with van der Waals surface area (Å²) in [6.45, 7) is 1.83. The van der Waals surface area contributed by atoms with E-state index in [9.17, 15) is 0 Å². The number of aromatic nitrogens is 3. The van der Waals surface area contributed by atoms with Gasteiger partial charge in [0.25, 0.3) is 0 Å². The lowest BCUT2D eigenvalue weighted by molar-refractivity contribution is 0.696. The molecule has 0 amide bonds. The van der Waals surface area contributed by atoms with E-state index < -0.39 is 0 Å². The molecule has 1 aliphatic rings. The van der Waals surface area contributed by atoms with Crippen LogP contribution in [0, 0.1) is 0 Å². The minimum Gasteiger partial charge on any atom is -0.352 e. The Labute approximate surface area is 94.0 Å². The number of pyridine rings is 1. The molecular formula is C12H12N4. The molecule has 0 saturated heterocycles. The van der Waals surface area contributed by atoms with Crippen LogP contribution in [0.1, 0.15) is 11.3 Å². The second-order valence-electron chi connectivity index (χ2n) is 3.85. The highest BCUT2D eigenvalue weighted by Crippen LogP contribution is 2.20. The van der Waals surface area contributed by atoms with Crippen LogP contribution in [0.4, 0.5) is 5.82 Å². The maximum Gasteiger partial charge on any atom is 0.128 e. The van der Waals surface area contributed by atoms with Crippen molar-refractivity contribution in [3.63, 3.8) is 0 Å². The zero-order valence-corrected chi connectivity index (χ0v) is 8.87. The van der Waals surface area contributed by atoms with Crippen molar-refractivity contribution in [2.24, 2.45) is 0 Å². The molecule has 0 fully saturated rings. The molecule has 0 radical (unpaired) electrons. The molecular weight excluding hydrogens is 200 g/mol. The average Bonchev–Trinajstić information content (AvgIpc) is 2.39. The summed E-state index contributed by atoms with van der Waals surface area (Å²) in [5.41, 5.74) is 2.38. The van der Waals surface area contributed by atoms with Crippen LogP contribution in [0.5, 0.6) is 0 Å². The second kappa shape index (κ2) is 3.89. The molecule has 2 aromatic heterocycles. The summed E-state index contributed by atoms with van der Waals surface area (Å²) in [7, 11) is 0. The van der Waals surface area contributed by atoms with Gasteiger partial charge in [0.15, 0.2) is 0 Å². The first-order valence-electron chi connectivity index (χ1n) is 5.37. The molecule has 0 spiro atoms. The van der Waals surface area contributed by atoms with Crippen LogP contribution in [-0.2, 0) is 13.0 Å². The molecule has 0 bridgehead atoms. The fourth-order valence-electron chi connectivity index (χ4n) is 2.00. The summed E-state index contributed by atoms with van der Waals surface area (Å²) < 4.78 is 0. The summed E-state index contributed by atoms with van der Waals surface area (Å²) in [6.07, 6.45) is 6.31. The Bertz CT molecular complexity index is 483. The molecule has 0 aliphatic carbocycles. The molecule has 0 saturated carbocycles. The fraction of sp³-hybridized carbons (Fsp3) is 0.250. The van der Waals surface area contributed by atoms with E-state index in [4.69, 9.17) is 0 Å². The summed E-state index contributed by atoms with van der Waals surface area (Å²) in [4.78, 5) is 15.0. The summed E-state index contributed by atoms with van der Waals surface area (Å²) in [5, 5.41) is 0. The quantitative estimate of drug-likeness (QED) is 0.717. The highest BCUT2D eigenvalue weighted by atomic mass is 15.2. The summed E-state index contributed by atoms with van der Waals surface area (Å²) in [5.74, 6) is 1.03. The van der Waals surface area contributed by atoms with Gasteiger partial charge >= 0.3 is 0 Å². The van der Waals surface area contributed by atoms with E-state index in [1.54, 1.807) is 6.33 Å². The Morgan fingerprint density at radius 2 is 2.19 bits per heavy atom. The van der Waals surface area contributed by atoms with Gasteiger partial charge in [0, 0.05) is 37.5 Å². The monoisotopic (exact) mass is 212 g/mol. The number of fused-ring (bicyclic) bond motifs is 1. The first kappa shape index (κ1) is 9.27. The van der Waals surface area contributed by atoms with Crippen LogP contribution in [-0.4, -0.2) is 21.5 Å². The van der Waals surface area contributed by atoms with Crippen molar-refractivity contribution >= 4 is 5.82 Å². The number of rotatable bonds is 1. The largest absolute Gasteiger partial charge is 0.352 e. The van der Waals surface area contributed by atoms with Gasteiger partial charge in [-0.25, -0.2) is 15.0 Å². The van der Waals surface area contributed by atoms with Crippen LogP contribution >= 0.6 is 0 Å². The predicted molar refractivity (Wildman–Crippen MR) is 61.0 cm³/mol. The smallest absolute Gasteiger partial charge is 0.128 e. The molecule has 0 N–H and O–H groups in total. The van der Waals surface area contributed by atoms with E-state index in [1.165, 1.54) is 11.3 Å². The molecule has 0 unspecified atom stereocenters. The molecule has 3 rings (SSSR count). The van der Waals surface area contributed by atoms with Gasteiger partial charge in [-0.05, 0) is 12.1 Å². The highest BCUT2D eigenvalue weighted by Gasteiger charge is 2.17. The van der Waals surface area contributed by atoms with Crippen molar-refractivity contribution in [1.29, 1.82) is 0 Å². The van der Waals surface area contributed by atoms with Crippen molar-refractivity contribution in [1.82, 2.24) is 15.0 Å². The average molecular weight is 212 g/mol. The third-order valence-electron chi connectivity index (χ3n) is 2.83. The molecule has 4 heteroatoms. The first-order chi connectivity index (χ1) is 7.93. The van der Waals surface area contributed by atoms with Gasteiger partial charge in [-0.3, -0.25) is 0 Å². The number of hydrogen-bond acceptors (Lipinski definition) is 4. The zero-order chi connectivity index (χ0) is 10.8. The van der Waals surface area contributed by atoms with Crippen LogP contribution < -0.4 is 4.90 Å².